The van der Waals surface area contributed by atoms with E-state index in [-0.39, 0.29) is 18.3 Å². The summed E-state index contributed by atoms with van der Waals surface area (Å²) in [6.07, 6.45) is 0. The van der Waals surface area contributed by atoms with E-state index < -0.39 is 0 Å². The first-order valence-corrected chi connectivity index (χ1v) is 9.36. The second kappa shape index (κ2) is 8.09. The molecular formula is C19H15Cl2NO2S. The zero-order chi connectivity index (χ0) is 17.8. The standard InChI is InChI=1S/C19H15Cl2NO2S/c1-12-8-18(22-17-5-3-2-4-14(12)17)25-11-19(23)24-10-13-6-7-15(20)16(21)9-13/h2-9H,10-11H2,1H3. The monoisotopic (exact) mass is 391 g/mol. The first kappa shape index (κ1) is 18.1. The van der Waals surface area contributed by atoms with Gasteiger partial charge in [0.2, 0.25) is 0 Å². The third-order valence-electron chi connectivity index (χ3n) is 3.62. The average Bonchev–Trinajstić information content (AvgIpc) is 2.61. The number of ether oxygens (including phenoxy) is 1. The molecule has 0 N–H and O–H groups in total. The van der Waals surface area contributed by atoms with Crippen LogP contribution in [-0.4, -0.2) is 16.7 Å². The topological polar surface area (TPSA) is 39.2 Å². The maximum Gasteiger partial charge on any atom is 0.316 e. The van der Waals surface area contributed by atoms with E-state index in [0.29, 0.717) is 10.0 Å². The Hall–Kier alpha value is -1.75. The molecule has 1 aromatic heterocycles. The number of hydrogen-bond acceptors (Lipinski definition) is 4. The van der Waals surface area contributed by atoms with E-state index in [1.807, 2.05) is 37.3 Å². The summed E-state index contributed by atoms with van der Waals surface area (Å²) in [5, 5.41) is 2.85. The van der Waals surface area contributed by atoms with E-state index in [9.17, 15) is 4.79 Å². The molecule has 1 heterocycles. The van der Waals surface area contributed by atoms with Crippen LogP contribution >= 0.6 is 35.0 Å². The third kappa shape index (κ3) is 4.66. The van der Waals surface area contributed by atoms with Gasteiger partial charge < -0.3 is 4.74 Å². The number of para-hydroxylation sites is 1. The molecule has 0 aliphatic heterocycles. The Kier molecular flexibility index (Phi) is 5.84. The lowest BCUT2D eigenvalue weighted by Gasteiger charge is -2.07. The van der Waals surface area contributed by atoms with Crippen molar-refractivity contribution >= 4 is 51.8 Å². The first-order chi connectivity index (χ1) is 12.0. The molecule has 0 aliphatic rings. The number of carbonyl (C=O) groups is 1. The van der Waals surface area contributed by atoms with Crippen LogP contribution in [-0.2, 0) is 16.1 Å². The minimum atomic E-state index is -0.302. The highest BCUT2D eigenvalue weighted by Crippen LogP contribution is 2.25. The number of hydrogen-bond donors (Lipinski definition) is 0. The highest BCUT2D eigenvalue weighted by molar-refractivity contribution is 7.99. The molecule has 3 nitrogen and oxygen atoms in total. The number of carbonyl (C=O) groups excluding carboxylic acids is 1. The average molecular weight is 392 g/mol. The van der Waals surface area contributed by atoms with E-state index in [4.69, 9.17) is 27.9 Å². The number of pyridine rings is 1. The van der Waals surface area contributed by atoms with Gasteiger partial charge in [0.1, 0.15) is 6.61 Å². The fourth-order valence-corrected chi connectivity index (χ4v) is 3.45. The summed E-state index contributed by atoms with van der Waals surface area (Å²) in [7, 11) is 0. The second-order valence-electron chi connectivity index (χ2n) is 5.49. The van der Waals surface area contributed by atoms with Gasteiger partial charge in [-0.25, -0.2) is 4.98 Å². The first-order valence-electron chi connectivity index (χ1n) is 7.61. The number of esters is 1. The van der Waals surface area contributed by atoms with Crippen molar-refractivity contribution in [1.82, 2.24) is 4.98 Å². The summed E-state index contributed by atoms with van der Waals surface area (Å²) in [5.41, 5.74) is 2.86. The van der Waals surface area contributed by atoms with Crippen LogP contribution in [0.15, 0.2) is 53.6 Å². The molecule has 2 aromatic carbocycles. The van der Waals surface area contributed by atoms with Crippen LogP contribution in [0.5, 0.6) is 0 Å². The van der Waals surface area contributed by atoms with Crippen molar-refractivity contribution in [2.24, 2.45) is 0 Å². The molecule has 6 heteroatoms. The molecule has 0 unspecified atom stereocenters. The van der Waals surface area contributed by atoms with Crippen molar-refractivity contribution in [3.05, 3.63) is 69.7 Å². The second-order valence-corrected chi connectivity index (χ2v) is 7.30. The van der Waals surface area contributed by atoms with E-state index in [1.54, 1.807) is 18.2 Å². The summed E-state index contributed by atoms with van der Waals surface area (Å²) in [4.78, 5) is 16.5. The van der Waals surface area contributed by atoms with Gasteiger partial charge in [0.15, 0.2) is 0 Å². The van der Waals surface area contributed by atoms with Crippen molar-refractivity contribution in [1.29, 1.82) is 0 Å². The van der Waals surface area contributed by atoms with Gasteiger partial charge in [0.25, 0.3) is 0 Å². The molecular weight excluding hydrogens is 377 g/mol. The highest BCUT2D eigenvalue weighted by Gasteiger charge is 2.08. The molecule has 0 atom stereocenters. The summed E-state index contributed by atoms with van der Waals surface area (Å²) >= 11 is 13.2. The number of aryl methyl sites for hydroxylation is 1. The Labute approximate surface area is 160 Å². The predicted molar refractivity (Wildman–Crippen MR) is 103 cm³/mol. The molecule has 0 aliphatic carbocycles. The third-order valence-corrected chi connectivity index (χ3v) is 5.25. The quantitative estimate of drug-likeness (QED) is 0.413. The molecule has 0 saturated carbocycles. The lowest BCUT2D eigenvalue weighted by Crippen LogP contribution is -2.07. The van der Waals surface area contributed by atoms with Crippen molar-refractivity contribution in [2.75, 3.05) is 5.75 Å². The van der Waals surface area contributed by atoms with Gasteiger partial charge in [0, 0.05) is 5.39 Å². The Balaban J connectivity index is 1.58. The molecule has 0 saturated heterocycles. The minimum Gasteiger partial charge on any atom is -0.460 e. The van der Waals surface area contributed by atoms with Gasteiger partial charge >= 0.3 is 5.97 Å². The maximum absolute atomic E-state index is 12.0. The van der Waals surface area contributed by atoms with Crippen LogP contribution in [0.4, 0.5) is 0 Å². The van der Waals surface area contributed by atoms with Gasteiger partial charge in [-0.3, -0.25) is 4.79 Å². The lowest BCUT2D eigenvalue weighted by atomic mass is 10.1. The van der Waals surface area contributed by atoms with E-state index in [2.05, 4.69) is 4.98 Å². The number of rotatable bonds is 5. The summed E-state index contributed by atoms with van der Waals surface area (Å²) in [5.74, 6) is -0.102. The Morgan fingerprint density at radius 1 is 1.12 bits per heavy atom. The van der Waals surface area contributed by atoms with E-state index >= 15 is 0 Å². The minimum absolute atomic E-state index is 0.167. The molecule has 3 rings (SSSR count). The molecule has 25 heavy (non-hydrogen) atoms. The van der Waals surface area contributed by atoms with Crippen LogP contribution in [0.3, 0.4) is 0 Å². The van der Waals surface area contributed by atoms with Crippen LogP contribution in [0.2, 0.25) is 10.0 Å². The van der Waals surface area contributed by atoms with Crippen molar-refractivity contribution in [3.63, 3.8) is 0 Å². The molecule has 0 amide bonds. The largest absolute Gasteiger partial charge is 0.460 e. The van der Waals surface area contributed by atoms with E-state index in [0.717, 1.165) is 27.1 Å². The van der Waals surface area contributed by atoms with Crippen LogP contribution in [0, 0.1) is 6.92 Å². The van der Waals surface area contributed by atoms with E-state index in [1.165, 1.54) is 11.8 Å². The smallest absolute Gasteiger partial charge is 0.316 e. The predicted octanol–water partition coefficient (Wildman–Crippen LogP) is 5.69. The normalized spacial score (nSPS) is 10.8. The van der Waals surface area contributed by atoms with Crippen molar-refractivity contribution in [3.8, 4) is 0 Å². The van der Waals surface area contributed by atoms with Gasteiger partial charge in [-0.05, 0) is 42.3 Å². The fourth-order valence-electron chi connectivity index (χ4n) is 2.36. The van der Waals surface area contributed by atoms with Crippen LogP contribution < -0.4 is 0 Å². The molecule has 0 fully saturated rings. The number of benzene rings is 2. The van der Waals surface area contributed by atoms with Gasteiger partial charge in [-0.2, -0.15) is 0 Å². The summed E-state index contributed by atoms with van der Waals surface area (Å²) in [6, 6.07) is 15.1. The Morgan fingerprint density at radius 2 is 1.92 bits per heavy atom. The van der Waals surface area contributed by atoms with Gasteiger partial charge in [-0.1, -0.05) is 59.2 Å². The number of nitrogens with zero attached hydrogens (tertiary/aromatic N) is 1. The lowest BCUT2D eigenvalue weighted by molar-refractivity contribution is -0.141. The Bertz CT molecular complexity index is 930. The van der Waals surface area contributed by atoms with Crippen molar-refractivity contribution in [2.45, 2.75) is 18.6 Å². The zero-order valence-electron chi connectivity index (χ0n) is 13.5. The SMILES string of the molecule is Cc1cc(SCC(=O)OCc2ccc(Cl)c(Cl)c2)nc2ccccc12. The molecule has 128 valence electrons. The molecule has 0 spiro atoms. The summed E-state index contributed by atoms with van der Waals surface area (Å²) in [6.45, 7) is 2.21. The molecule has 3 aromatic rings. The number of halogens is 2. The fraction of sp³-hybridized carbons (Fsp3) is 0.158. The maximum atomic E-state index is 12.0. The summed E-state index contributed by atoms with van der Waals surface area (Å²) < 4.78 is 5.27. The number of aromatic nitrogens is 1. The highest BCUT2D eigenvalue weighted by atomic mass is 35.5. The van der Waals surface area contributed by atoms with Crippen LogP contribution in [0.25, 0.3) is 10.9 Å². The number of thioether (sulfide) groups is 1. The molecule has 0 radical (unpaired) electrons. The number of fused-ring (bicyclic) bond motifs is 1. The van der Waals surface area contributed by atoms with Crippen LogP contribution in [0.1, 0.15) is 11.1 Å². The van der Waals surface area contributed by atoms with Gasteiger partial charge in [0.05, 0.1) is 26.3 Å². The molecule has 0 bridgehead atoms. The van der Waals surface area contributed by atoms with Crippen molar-refractivity contribution < 1.29 is 9.53 Å². The van der Waals surface area contributed by atoms with Gasteiger partial charge in [-0.15, -0.1) is 0 Å². The zero-order valence-corrected chi connectivity index (χ0v) is 15.8. The Morgan fingerprint density at radius 3 is 2.72 bits per heavy atom.